The van der Waals surface area contributed by atoms with Crippen LogP contribution in [0.5, 0.6) is 0 Å². The quantitative estimate of drug-likeness (QED) is 0.811. The van der Waals surface area contributed by atoms with Gasteiger partial charge in [0.25, 0.3) is 0 Å². The van der Waals surface area contributed by atoms with Gasteiger partial charge in [-0.15, -0.1) is 0 Å². The second-order valence-corrected chi connectivity index (χ2v) is 7.61. The van der Waals surface area contributed by atoms with Crippen molar-refractivity contribution in [2.24, 2.45) is 5.92 Å². The molecule has 98 valence electrons. The first-order chi connectivity index (χ1) is 8.33. The average Bonchev–Trinajstić information content (AvgIpc) is 2.80. The Bertz CT molecular complexity index is 249. The minimum atomic E-state index is 0.784. The molecule has 2 aliphatic heterocycles. The molecular weight excluding hydrogens is 228 g/mol. The van der Waals surface area contributed by atoms with Crippen molar-refractivity contribution in [3.05, 3.63) is 0 Å². The van der Waals surface area contributed by atoms with E-state index in [1.807, 2.05) is 0 Å². The van der Waals surface area contributed by atoms with Crippen molar-refractivity contribution in [2.45, 2.75) is 56.4 Å². The Morgan fingerprint density at radius 1 is 1.18 bits per heavy atom. The van der Waals surface area contributed by atoms with E-state index in [0.717, 1.165) is 23.3 Å². The van der Waals surface area contributed by atoms with Crippen LogP contribution in [0, 0.1) is 5.92 Å². The van der Waals surface area contributed by atoms with Crippen LogP contribution in [0.1, 0.15) is 39.0 Å². The summed E-state index contributed by atoms with van der Waals surface area (Å²) in [5.41, 5.74) is 0. The molecule has 3 rings (SSSR count). The molecule has 0 aromatic rings. The Labute approximate surface area is 110 Å². The zero-order valence-corrected chi connectivity index (χ0v) is 11.8. The van der Waals surface area contributed by atoms with Gasteiger partial charge >= 0.3 is 0 Å². The Morgan fingerprint density at radius 3 is 2.65 bits per heavy atom. The highest BCUT2D eigenvalue weighted by Gasteiger charge is 2.34. The van der Waals surface area contributed by atoms with Gasteiger partial charge in [0.15, 0.2) is 0 Å². The van der Waals surface area contributed by atoms with Gasteiger partial charge in [0.05, 0.1) is 0 Å². The molecule has 2 nitrogen and oxygen atoms in total. The fraction of sp³-hybridized carbons (Fsp3) is 1.00. The van der Waals surface area contributed by atoms with Gasteiger partial charge in [0, 0.05) is 30.4 Å². The van der Waals surface area contributed by atoms with Crippen LogP contribution in [-0.4, -0.2) is 47.6 Å². The molecule has 0 spiro atoms. The van der Waals surface area contributed by atoms with E-state index in [1.54, 1.807) is 0 Å². The number of nitrogens with zero attached hydrogens (tertiary/aromatic N) is 1. The first-order valence-electron chi connectivity index (χ1n) is 7.42. The molecule has 1 saturated carbocycles. The zero-order chi connectivity index (χ0) is 11.7. The summed E-state index contributed by atoms with van der Waals surface area (Å²) in [7, 11) is 0. The maximum Gasteiger partial charge on any atom is 0.0220 e. The summed E-state index contributed by atoms with van der Waals surface area (Å²) in [5, 5.41) is 4.53. The molecular formula is C14H26N2S. The van der Waals surface area contributed by atoms with Gasteiger partial charge in [-0.05, 0) is 50.3 Å². The predicted octanol–water partition coefficient (Wildman–Crippen LogP) is 2.34. The lowest BCUT2D eigenvalue weighted by Crippen LogP contribution is -2.46. The van der Waals surface area contributed by atoms with Gasteiger partial charge < -0.3 is 5.32 Å². The number of hydrogen-bond donors (Lipinski definition) is 1. The van der Waals surface area contributed by atoms with E-state index in [0.29, 0.717) is 0 Å². The summed E-state index contributed by atoms with van der Waals surface area (Å²) in [5.74, 6) is 2.42. The highest BCUT2D eigenvalue weighted by atomic mass is 32.2. The predicted molar refractivity (Wildman–Crippen MR) is 75.6 cm³/mol. The van der Waals surface area contributed by atoms with E-state index in [9.17, 15) is 0 Å². The fourth-order valence-electron chi connectivity index (χ4n) is 3.37. The Morgan fingerprint density at radius 2 is 2.06 bits per heavy atom. The van der Waals surface area contributed by atoms with Crippen molar-refractivity contribution in [2.75, 3.05) is 25.4 Å². The SMILES string of the molecule is CC1SCCC1N(CC1CC1)CC1CCCN1. The van der Waals surface area contributed by atoms with E-state index >= 15 is 0 Å². The molecule has 0 radical (unpaired) electrons. The third kappa shape index (κ3) is 3.18. The Balaban J connectivity index is 1.58. The highest BCUT2D eigenvalue weighted by molar-refractivity contribution is 8.00. The molecule has 3 aliphatic rings. The van der Waals surface area contributed by atoms with E-state index in [1.165, 1.54) is 57.5 Å². The second-order valence-electron chi connectivity index (χ2n) is 6.12. The van der Waals surface area contributed by atoms with Crippen LogP contribution in [-0.2, 0) is 0 Å². The largest absolute Gasteiger partial charge is 0.313 e. The molecule has 3 atom stereocenters. The number of rotatable bonds is 5. The second kappa shape index (κ2) is 5.50. The topological polar surface area (TPSA) is 15.3 Å². The standard InChI is InChI=1S/C14H26N2S/c1-11-14(6-8-17-11)16(9-12-4-5-12)10-13-3-2-7-15-13/h11-15H,2-10H2,1H3. The monoisotopic (exact) mass is 254 g/mol. The first kappa shape index (κ1) is 12.3. The molecule has 0 bridgehead atoms. The van der Waals surface area contributed by atoms with Gasteiger partial charge in [0.1, 0.15) is 0 Å². The summed E-state index contributed by atoms with van der Waals surface area (Å²) in [6.45, 7) is 6.38. The van der Waals surface area contributed by atoms with E-state index in [4.69, 9.17) is 0 Å². The molecule has 0 amide bonds. The van der Waals surface area contributed by atoms with E-state index in [-0.39, 0.29) is 0 Å². The summed E-state index contributed by atoms with van der Waals surface area (Å²) in [4.78, 5) is 2.84. The molecule has 3 unspecified atom stereocenters. The minimum Gasteiger partial charge on any atom is -0.313 e. The van der Waals surface area contributed by atoms with Crippen molar-refractivity contribution in [1.82, 2.24) is 10.2 Å². The van der Waals surface area contributed by atoms with Crippen molar-refractivity contribution in [3.8, 4) is 0 Å². The van der Waals surface area contributed by atoms with Crippen molar-refractivity contribution < 1.29 is 0 Å². The van der Waals surface area contributed by atoms with E-state index in [2.05, 4.69) is 28.9 Å². The Hall–Kier alpha value is 0.270. The molecule has 17 heavy (non-hydrogen) atoms. The summed E-state index contributed by atoms with van der Waals surface area (Å²) < 4.78 is 0. The normalized spacial score (nSPS) is 38.1. The highest BCUT2D eigenvalue weighted by Crippen LogP contribution is 2.35. The number of thioether (sulfide) groups is 1. The molecule has 1 aliphatic carbocycles. The molecule has 2 saturated heterocycles. The summed E-state index contributed by atoms with van der Waals surface area (Å²) in [6.07, 6.45) is 7.18. The lowest BCUT2D eigenvalue weighted by molar-refractivity contribution is 0.172. The fourth-order valence-corrected chi connectivity index (χ4v) is 4.65. The van der Waals surface area contributed by atoms with Gasteiger partial charge in [-0.25, -0.2) is 0 Å². The maximum atomic E-state index is 3.67. The van der Waals surface area contributed by atoms with Crippen molar-refractivity contribution >= 4 is 11.8 Å². The van der Waals surface area contributed by atoms with Crippen LogP contribution in [0.15, 0.2) is 0 Å². The minimum absolute atomic E-state index is 0.784. The smallest absolute Gasteiger partial charge is 0.0220 e. The van der Waals surface area contributed by atoms with Gasteiger partial charge in [-0.2, -0.15) is 11.8 Å². The van der Waals surface area contributed by atoms with Crippen LogP contribution < -0.4 is 5.32 Å². The summed E-state index contributed by atoms with van der Waals surface area (Å²) in [6, 6.07) is 1.65. The van der Waals surface area contributed by atoms with E-state index < -0.39 is 0 Å². The van der Waals surface area contributed by atoms with Gasteiger partial charge in [0.2, 0.25) is 0 Å². The molecule has 1 N–H and O–H groups in total. The van der Waals surface area contributed by atoms with Crippen molar-refractivity contribution in [3.63, 3.8) is 0 Å². The molecule has 2 heterocycles. The third-order valence-corrected chi connectivity index (χ3v) is 5.92. The third-order valence-electron chi connectivity index (χ3n) is 4.61. The Kier molecular flexibility index (Phi) is 3.98. The molecule has 0 aromatic heterocycles. The van der Waals surface area contributed by atoms with Crippen LogP contribution >= 0.6 is 11.8 Å². The zero-order valence-electron chi connectivity index (χ0n) is 11.0. The number of nitrogens with one attached hydrogen (secondary N) is 1. The van der Waals surface area contributed by atoms with Crippen LogP contribution in [0.2, 0.25) is 0 Å². The number of hydrogen-bond acceptors (Lipinski definition) is 3. The van der Waals surface area contributed by atoms with Crippen molar-refractivity contribution in [1.29, 1.82) is 0 Å². The average molecular weight is 254 g/mol. The van der Waals surface area contributed by atoms with Gasteiger partial charge in [-0.3, -0.25) is 4.90 Å². The lowest BCUT2D eigenvalue weighted by Gasteiger charge is -2.33. The van der Waals surface area contributed by atoms with Crippen LogP contribution in [0.25, 0.3) is 0 Å². The molecule has 3 heteroatoms. The summed E-state index contributed by atoms with van der Waals surface area (Å²) >= 11 is 2.18. The first-order valence-corrected chi connectivity index (χ1v) is 8.47. The molecule has 3 fully saturated rings. The van der Waals surface area contributed by atoms with Gasteiger partial charge in [-0.1, -0.05) is 6.92 Å². The maximum absolute atomic E-state index is 3.67. The molecule has 0 aromatic carbocycles. The van der Waals surface area contributed by atoms with Crippen LogP contribution in [0.3, 0.4) is 0 Å². The lowest BCUT2D eigenvalue weighted by atomic mass is 10.1. The van der Waals surface area contributed by atoms with Crippen LogP contribution in [0.4, 0.5) is 0 Å².